The zero-order chi connectivity index (χ0) is 10.4. The smallest absolute Gasteiger partial charge is 0.145 e. The van der Waals surface area contributed by atoms with Gasteiger partial charge < -0.3 is 14.3 Å². The number of nitrogens with one attached hydrogen (secondary N) is 1. The number of carbonyl (C=O) groups excluding carboxylic acids is 1. The van der Waals surface area contributed by atoms with Gasteiger partial charge in [-0.1, -0.05) is 13.8 Å². The molecule has 80 valence electrons. The molecule has 5 heteroatoms. The number of carbonyl (C=O) groups is 1. The first kappa shape index (κ1) is 15.0. The summed E-state index contributed by atoms with van der Waals surface area (Å²) in [6.07, 6.45) is 0.670. The van der Waals surface area contributed by atoms with Crippen LogP contribution < -0.4 is 5.54 Å². The molecule has 4 nitrogen and oxygen atoms in total. The minimum atomic E-state index is 0.0880. The van der Waals surface area contributed by atoms with Gasteiger partial charge >= 0.3 is 0 Å². The van der Waals surface area contributed by atoms with Crippen molar-refractivity contribution in [1.29, 1.82) is 0 Å². The van der Waals surface area contributed by atoms with Crippen LogP contribution in [0.5, 0.6) is 0 Å². The molecule has 0 atom stereocenters. The van der Waals surface area contributed by atoms with Crippen molar-refractivity contribution in [3.63, 3.8) is 0 Å². The van der Waals surface area contributed by atoms with Gasteiger partial charge in [0, 0.05) is 6.54 Å². The molecule has 0 heterocycles. The second-order valence-corrected chi connectivity index (χ2v) is 1.74. The number of rotatable bonds is 8. The molecule has 0 unspecified atom stereocenters. The van der Waals surface area contributed by atoms with Crippen LogP contribution in [0.15, 0.2) is 0 Å². The van der Waals surface area contributed by atoms with Crippen LogP contribution >= 0.6 is 0 Å². The van der Waals surface area contributed by atoms with Crippen molar-refractivity contribution >= 4 is 6.29 Å². The Morgan fingerprint density at radius 3 is 2.38 bits per heavy atom. The Kier molecular flexibility index (Phi) is 20.2. The molecule has 0 aromatic heterocycles. The Morgan fingerprint density at radius 1 is 1.23 bits per heavy atom. The molecular formula is C8H18FNO3. The zero-order valence-corrected chi connectivity index (χ0v) is 8.22. The van der Waals surface area contributed by atoms with Gasteiger partial charge in [0.15, 0.2) is 0 Å². The van der Waals surface area contributed by atoms with Gasteiger partial charge in [0.1, 0.15) is 12.9 Å². The summed E-state index contributed by atoms with van der Waals surface area (Å²) in [5, 5.41) is 0. The molecule has 0 aromatic carbocycles. The Morgan fingerprint density at radius 2 is 1.85 bits per heavy atom. The molecule has 0 aromatic rings. The third-order valence-corrected chi connectivity index (χ3v) is 0.899. The quantitative estimate of drug-likeness (QED) is 0.352. The van der Waals surface area contributed by atoms with Gasteiger partial charge in [-0.3, -0.25) is 0 Å². The van der Waals surface area contributed by atoms with E-state index in [1.807, 2.05) is 13.8 Å². The van der Waals surface area contributed by atoms with Gasteiger partial charge in [-0.2, -0.15) is 5.54 Å². The number of aldehydes is 1. The summed E-state index contributed by atoms with van der Waals surface area (Å²) in [5.41, 5.74) is 1.45. The van der Waals surface area contributed by atoms with Crippen LogP contribution in [-0.4, -0.2) is 39.3 Å². The maximum Gasteiger partial charge on any atom is 0.145 e. The second-order valence-electron chi connectivity index (χ2n) is 1.74. The Balaban J connectivity index is 0. The second kappa shape index (κ2) is 17.5. The molecule has 1 N–H and O–H groups in total. The highest BCUT2D eigenvalue weighted by molar-refractivity contribution is 5.50. The highest BCUT2D eigenvalue weighted by Gasteiger charge is 1.87. The highest BCUT2D eigenvalue weighted by Crippen LogP contribution is 1.76. The van der Waals surface area contributed by atoms with Gasteiger partial charge in [-0.25, -0.2) is 0 Å². The molecule has 0 saturated carbocycles. The van der Waals surface area contributed by atoms with E-state index in [1.54, 1.807) is 0 Å². The summed E-state index contributed by atoms with van der Waals surface area (Å²) < 4.78 is 20.8. The molecule has 0 spiro atoms. The summed E-state index contributed by atoms with van der Waals surface area (Å²) in [7, 11) is 0. The molecular weight excluding hydrogens is 177 g/mol. The van der Waals surface area contributed by atoms with E-state index in [-0.39, 0.29) is 13.2 Å². The fourth-order valence-corrected chi connectivity index (χ4v) is 0.462. The maximum atomic E-state index is 11.2. The molecule has 13 heavy (non-hydrogen) atoms. The number of hydrogen-bond donors (Lipinski definition) is 1. The maximum absolute atomic E-state index is 11.2. The summed E-state index contributed by atoms with van der Waals surface area (Å²) >= 11 is 0. The van der Waals surface area contributed by atoms with Gasteiger partial charge in [0.05, 0.1) is 19.8 Å². The average Bonchev–Trinajstić information content (AvgIpc) is 2.20. The Bertz CT molecular complexity index is 93.5. The largest absolute Gasteiger partial charge is 0.378 e. The van der Waals surface area contributed by atoms with Crippen LogP contribution in [0.1, 0.15) is 13.8 Å². The van der Waals surface area contributed by atoms with Gasteiger partial charge in [0.2, 0.25) is 0 Å². The fourth-order valence-electron chi connectivity index (χ4n) is 0.462. The summed E-state index contributed by atoms with van der Waals surface area (Å²) in [5.74, 6) is 0. The molecule has 0 rings (SSSR count). The first-order valence-corrected chi connectivity index (χ1v) is 4.34. The van der Waals surface area contributed by atoms with Crippen molar-refractivity contribution in [3.8, 4) is 0 Å². The number of hydrogen-bond acceptors (Lipinski definition) is 4. The molecule has 0 saturated heterocycles. The van der Waals surface area contributed by atoms with Gasteiger partial charge in [-0.15, -0.1) is 4.48 Å². The number of halogens is 1. The number of ether oxygens (including phenoxy) is 2. The van der Waals surface area contributed by atoms with Crippen molar-refractivity contribution in [3.05, 3.63) is 0 Å². The van der Waals surface area contributed by atoms with E-state index in [4.69, 9.17) is 9.47 Å². The van der Waals surface area contributed by atoms with Crippen molar-refractivity contribution in [2.24, 2.45) is 0 Å². The third kappa shape index (κ3) is 18.4. The predicted molar refractivity (Wildman–Crippen MR) is 48.2 cm³/mol. The lowest BCUT2D eigenvalue weighted by atomic mass is 10.7. The minimum absolute atomic E-state index is 0.0880. The zero-order valence-electron chi connectivity index (χ0n) is 8.22. The molecule has 0 fully saturated rings. The summed E-state index contributed by atoms with van der Waals surface area (Å²) in [4.78, 5) is 9.71. The SMILES string of the molecule is CC.O=CCOCCOCCNF. The molecule has 0 radical (unpaired) electrons. The third-order valence-electron chi connectivity index (χ3n) is 0.899. The predicted octanol–water partition coefficient (Wildman–Crippen LogP) is 0.719. The van der Waals surface area contributed by atoms with E-state index in [2.05, 4.69) is 0 Å². The Labute approximate surface area is 78.3 Å². The van der Waals surface area contributed by atoms with Crippen molar-refractivity contribution in [1.82, 2.24) is 5.54 Å². The summed E-state index contributed by atoms with van der Waals surface area (Å²) in [6.45, 7) is 5.32. The van der Waals surface area contributed by atoms with Gasteiger partial charge in [-0.05, 0) is 0 Å². The van der Waals surface area contributed by atoms with Crippen LogP contribution in [0.4, 0.5) is 4.48 Å². The normalized spacial score (nSPS) is 8.85. The highest BCUT2D eigenvalue weighted by atomic mass is 19.2. The minimum Gasteiger partial charge on any atom is -0.378 e. The first-order valence-electron chi connectivity index (χ1n) is 4.34. The molecule has 0 aliphatic heterocycles. The lowest BCUT2D eigenvalue weighted by Gasteiger charge is -2.01. The fraction of sp³-hybridized carbons (Fsp3) is 0.875. The van der Waals surface area contributed by atoms with Crippen molar-refractivity contribution in [2.75, 3.05) is 33.0 Å². The van der Waals surface area contributed by atoms with Gasteiger partial charge in [0.25, 0.3) is 0 Å². The van der Waals surface area contributed by atoms with E-state index in [0.29, 0.717) is 26.1 Å². The topological polar surface area (TPSA) is 47.6 Å². The lowest BCUT2D eigenvalue weighted by Crippen LogP contribution is -2.13. The molecule has 0 bridgehead atoms. The van der Waals surface area contributed by atoms with E-state index in [9.17, 15) is 9.28 Å². The van der Waals surface area contributed by atoms with Crippen LogP contribution in [-0.2, 0) is 14.3 Å². The van der Waals surface area contributed by atoms with E-state index in [1.165, 1.54) is 5.54 Å². The van der Waals surface area contributed by atoms with Crippen LogP contribution in [0.3, 0.4) is 0 Å². The Hall–Kier alpha value is -0.520. The van der Waals surface area contributed by atoms with Crippen molar-refractivity contribution < 1.29 is 18.7 Å². The monoisotopic (exact) mass is 195 g/mol. The van der Waals surface area contributed by atoms with Crippen molar-refractivity contribution in [2.45, 2.75) is 13.8 Å². The van der Waals surface area contributed by atoms with E-state index in [0.717, 1.165) is 0 Å². The standard InChI is InChI=1S/C6H12FNO3.C2H6/c7-8-1-3-10-5-6-11-4-2-9;1-2/h2,8H,1,3-6H2;1-2H3. The molecule has 0 aliphatic carbocycles. The average molecular weight is 195 g/mol. The molecule has 0 aliphatic rings. The first-order chi connectivity index (χ1) is 6.41. The lowest BCUT2D eigenvalue weighted by molar-refractivity contribution is -0.112. The van der Waals surface area contributed by atoms with E-state index >= 15 is 0 Å². The summed E-state index contributed by atoms with van der Waals surface area (Å²) in [6, 6.07) is 0. The van der Waals surface area contributed by atoms with Crippen LogP contribution in [0.2, 0.25) is 0 Å². The van der Waals surface area contributed by atoms with Crippen LogP contribution in [0.25, 0.3) is 0 Å². The molecule has 0 amide bonds. The van der Waals surface area contributed by atoms with E-state index < -0.39 is 0 Å². The van der Waals surface area contributed by atoms with Crippen LogP contribution in [0, 0.1) is 0 Å².